The zero-order valence-corrected chi connectivity index (χ0v) is 7.87. The van der Waals surface area contributed by atoms with E-state index in [0.717, 1.165) is 0 Å². The number of carbonyl (C=O) groups excluding carboxylic acids is 1. The summed E-state index contributed by atoms with van der Waals surface area (Å²) in [5.74, 6) is -0.299. The molecular formula is C10H12FNO2. The van der Waals surface area contributed by atoms with E-state index in [-0.39, 0.29) is 5.82 Å². The number of ether oxygens (including phenoxy) is 1. The number of benzene rings is 1. The van der Waals surface area contributed by atoms with Crippen LogP contribution in [0.1, 0.15) is 12.5 Å². The lowest BCUT2D eigenvalue weighted by atomic mass is 10.1. The van der Waals surface area contributed by atoms with Gasteiger partial charge in [0, 0.05) is 6.42 Å². The van der Waals surface area contributed by atoms with E-state index in [1.165, 1.54) is 6.07 Å². The lowest BCUT2D eigenvalue weighted by Gasteiger charge is -2.11. The summed E-state index contributed by atoms with van der Waals surface area (Å²) >= 11 is 0. The lowest BCUT2D eigenvalue weighted by Crippen LogP contribution is -2.22. The topological polar surface area (TPSA) is 52.3 Å². The fourth-order valence-corrected chi connectivity index (χ4v) is 1.21. The Bertz CT molecular complexity index is 328. The highest BCUT2D eigenvalue weighted by molar-refractivity contribution is 5.64. The quantitative estimate of drug-likeness (QED) is 0.803. The first-order chi connectivity index (χ1) is 6.59. The molecule has 0 aromatic heterocycles. The normalized spacial score (nSPS) is 12.1. The second kappa shape index (κ2) is 4.60. The molecule has 1 aromatic carbocycles. The maximum absolute atomic E-state index is 13.1. The van der Waals surface area contributed by atoms with Crippen molar-refractivity contribution >= 4 is 6.09 Å². The zero-order chi connectivity index (χ0) is 10.6. The SMILES string of the molecule is CC(Cc1ccccc1F)OC(N)=O. The first-order valence-corrected chi connectivity index (χ1v) is 4.29. The number of nitrogens with two attached hydrogens (primary N) is 1. The Balaban J connectivity index is 2.60. The van der Waals surface area contributed by atoms with Gasteiger partial charge in [0.1, 0.15) is 11.9 Å². The van der Waals surface area contributed by atoms with Crippen molar-refractivity contribution in [1.29, 1.82) is 0 Å². The standard InChI is InChI=1S/C10H12FNO2/c1-7(14-10(12)13)6-8-4-2-3-5-9(8)11/h2-5,7H,6H2,1H3,(H2,12,13). The number of hydrogen-bond acceptors (Lipinski definition) is 2. The van der Waals surface area contributed by atoms with Gasteiger partial charge in [0.15, 0.2) is 0 Å². The van der Waals surface area contributed by atoms with Crippen molar-refractivity contribution in [3.8, 4) is 0 Å². The van der Waals surface area contributed by atoms with Gasteiger partial charge in [-0.15, -0.1) is 0 Å². The molecule has 0 heterocycles. The van der Waals surface area contributed by atoms with Gasteiger partial charge in [-0.05, 0) is 18.6 Å². The molecular weight excluding hydrogens is 185 g/mol. The van der Waals surface area contributed by atoms with Crippen LogP contribution in [-0.2, 0) is 11.2 Å². The zero-order valence-electron chi connectivity index (χ0n) is 7.87. The van der Waals surface area contributed by atoms with Gasteiger partial charge in [0.25, 0.3) is 0 Å². The molecule has 0 aliphatic heterocycles. The van der Waals surface area contributed by atoms with Crippen molar-refractivity contribution in [3.63, 3.8) is 0 Å². The monoisotopic (exact) mass is 197 g/mol. The van der Waals surface area contributed by atoms with Gasteiger partial charge in [-0.2, -0.15) is 0 Å². The summed E-state index contributed by atoms with van der Waals surface area (Å²) in [6.45, 7) is 1.66. The lowest BCUT2D eigenvalue weighted by molar-refractivity contribution is 0.116. The van der Waals surface area contributed by atoms with Crippen LogP contribution in [0, 0.1) is 5.82 Å². The Morgan fingerprint density at radius 1 is 1.57 bits per heavy atom. The molecule has 0 saturated carbocycles. The molecule has 1 unspecified atom stereocenters. The Morgan fingerprint density at radius 3 is 2.79 bits per heavy atom. The van der Waals surface area contributed by atoms with Gasteiger partial charge in [0.2, 0.25) is 0 Å². The first-order valence-electron chi connectivity index (χ1n) is 4.29. The number of hydrogen-bond donors (Lipinski definition) is 1. The molecule has 1 aromatic rings. The van der Waals surface area contributed by atoms with Gasteiger partial charge >= 0.3 is 6.09 Å². The second-order valence-corrected chi connectivity index (χ2v) is 3.04. The summed E-state index contributed by atoms with van der Waals surface area (Å²) in [6.07, 6.45) is -0.923. The third kappa shape index (κ3) is 3.05. The van der Waals surface area contributed by atoms with Crippen LogP contribution in [0.25, 0.3) is 0 Å². The van der Waals surface area contributed by atoms with Gasteiger partial charge in [-0.3, -0.25) is 0 Å². The third-order valence-electron chi connectivity index (χ3n) is 1.78. The molecule has 0 aliphatic rings. The minimum absolute atomic E-state index is 0.299. The molecule has 1 amide bonds. The van der Waals surface area contributed by atoms with E-state index < -0.39 is 12.2 Å². The van der Waals surface area contributed by atoms with Crippen molar-refractivity contribution in [1.82, 2.24) is 0 Å². The Kier molecular flexibility index (Phi) is 3.45. The highest BCUT2D eigenvalue weighted by atomic mass is 19.1. The average Bonchev–Trinajstić information content (AvgIpc) is 2.07. The van der Waals surface area contributed by atoms with Crippen LogP contribution in [0.3, 0.4) is 0 Å². The summed E-state index contributed by atoms with van der Waals surface area (Å²) < 4.78 is 17.8. The predicted molar refractivity (Wildman–Crippen MR) is 50.2 cm³/mol. The summed E-state index contributed by atoms with van der Waals surface area (Å²) in [5, 5.41) is 0. The largest absolute Gasteiger partial charge is 0.446 e. The van der Waals surface area contributed by atoms with E-state index in [4.69, 9.17) is 5.73 Å². The summed E-state index contributed by atoms with van der Waals surface area (Å²) in [5.41, 5.74) is 5.35. The number of amides is 1. The predicted octanol–water partition coefficient (Wildman–Crippen LogP) is 1.85. The van der Waals surface area contributed by atoms with Crippen LogP contribution in [0.4, 0.5) is 9.18 Å². The fraction of sp³-hybridized carbons (Fsp3) is 0.300. The van der Waals surface area contributed by atoms with Gasteiger partial charge in [-0.1, -0.05) is 18.2 Å². The molecule has 1 rings (SSSR count). The van der Waals surface area contributed by atoms with Crippen molar-refractivity contribution in [2.45, 2.75) is 19.4 Å². The van der Waals surface area contributed by atoms with Crippen LogP contribution in [0.15, 0.2) is 24.3 Å². The molecule has 0 spiro atoms. The van der Waals surface area contributed by atoms with Crippen LogP contribution in [0.2, 0.25) is 0 Å². The summed E-state index contributed by atoms with van der Waals surface area (Å²) in [6, 6.07) is 6.36. The van der Waals surface area contributed by atoms with Gasteiger partial charge in [0.05, 0.1) is 0 Å². The van der Waals surface area contributed by atoms with Crippen LogP contribution < -0.4 is 5.73 Å². The Hall–Kier alpha value is -1.58. The maximum atomic E-state index is 13.1. The maximum Gasteiger partial charge on any atom is 0.404 e. The van der Waals surface area contributed by atoms with Crippen molar-refractivity contribution in [3.05, 3.63) is 35.6 Å². The molecule has 3 nitrogen and oxygen atoms in total. The van der Waals surface area contributed by atoms with E-state index in [1.54, 1.807) is 25.1 Å². The molecule has 0 saturated heterocycles. The molecule has 1 atom stereocenters. The minimum Gasteiger partial charge on any atom is -0.446 e. The van der Waals surface area contributed by atoms with Crippen LogP contribution in [0.5, 0.6) is 0 Å². The number of primary amides is 1. The van der Waals surface area contributed by atoms with E-state index in [1.807, 2.05) is 0 Å². The smallest absolute Gasteiger partial charge is 0.404 e. The van der Waals surface area contributed by atoms with Crippen molar-refractivity contribution < 1.29 is 13.9 Å². The third-order valence-corrected chi connectivity index (χ3v) is 1.78. The molecule has 4 heteroatoms. The van der Waals surface area contributed by atoms with E-state index >= 15 is 0 Å². The van der Waals surface area contributed by atoms with Crippen LogP contribution in [-0.4, -0.2) is 12.2 Å². The van der Waals surface area contributed by atoms with Gasteiger partial charge < -0.3 is 10.5 Å². The minimum atomic E-state index is -0.839. The Labute approximate surface area is 81.7 Å². The Morgan fingerprint density at radius 2 is 2.21 bits per heavy atom. The number of halogens is 1. The van der Waals surface area contributed by atoms with Crippen molar-refractivity contribution in [2.24, 2.45) is 5.73 Å². The molecule has 2 N–H and O–H groups in total. The highest BCUT2D eigenvalue weighted by Crippen LogP contribution is 2.10. The highest BCUT2D eigenvalue weighted by Gasteiger charge is 2.09. The average molecular weight is 197 g/mol. The molecule has 76 valence electrons. The van der Waals surface area contributed by atoms with Crippen LogP contribution >= 0.6 is 0 Å². The second-order valence-electron chi connectivity index (χ2n) is 3.04. The fourth-order valence-electron chi connectivity index (χ4n) is 1.21. The summed E-state index contributed by atoms with van der Waals surface area (Å²) in [4.78, 5) is 10.4. The number of carbonyl (C=O) groups is 1. The molecule has 0 radical (unpaired) electrons. The van der Waals surface area contributed by atoms with Gasteiger partial charge in [-0.25, -0.2) is 9.18 Å². The van der Waals surface area contributed by atoms with E-state index in [2.05, 4.69) is 4.74 Å². The first kappa shape index (κ1) is 10.5. The molecule has 0 aliphatic carbocycles. The molecule has 14 heavy (non-hydrogen) atoms. The molecule has 0 bridgehead atoms. The summed E-state index contributed by atoms with van der Waals surface area (Å²) in [7, 11) is 0. The van der Waals surface area contributed by atoms with Crippen molar-refractivity contribution in [2.75, 3.05) is 0 Å². The number of rotatable bonds is 3. The molecule has 0 fully saturated rings. The van der Waals surface area contributed by atoms with E-state index in [0.29, 0.717) is 12.0 Å². The van der Waals surface area contributed by atoms with E-state index in [9.17, 15) is 9.18 Å².